The summed E-state index contributed by atoms with van der Waals surface area (Å²) in [6.45, 7) is 0.150. The fourth-order valence-corrected chi connectivity index (χ4v) is 4.60. The zero-order valence-corrected chi connectivity index (χ0v) is 17.8. The Morgan fingerprint density at radius 1 is 0.774 bits per heavy atom. The number of nitrogens with two attached hydrogens (primary N) is 2. The van der Waals surface area contributed by atoms with Crippen molar-refractivity contribution in [3.63, 3.8) is 0 Å². The van der Waals surface area contributed by atoms with Crippen molar-refractivity contribution in [2.45, 2.75) is 12.2 Å². The number of benzene rings is 2. The van der Waals surface area contributed by atoms with Gasteiger partial charge in [-0.1, -0.05) is 0 Å². The van der Waals surface area contributed by atoms with Crippen LogP contribution in [0.3, 0.4) is 0 Å². The average Bonchev–Trinajstić information content (AvgIpc) is 2.71. The predicted molar refractivity (Wildman–Crippen MR) is 121 cm³/mol. The fraction of sp³-hybridized carbons (Fsp3) is 0.400. The minimum absolute atomic E-state index is 0.142. The van der Waals surface area contributed by atoms with Crippen LogP contribution in [0, 0.1) is 0 Å². The van der Waals surface area contributed by atoms with Gasteiger partial charge in [-0.15, -0.1) is 0 Å². The van der Waals surface area contributed by atoms with Gasteiger partial charge in [-0.05, 0) is 36.4 Å². The normalized spacial score (nSPS) is 13.5. The van der Waals surface area contributed by atoms with E-state index >= 15 is 0 Å². The van der Waals surface area contributed by atoms with Crippen molar-refractivity contribution < 1.29 is 28.8 Å². The Morgan fingerprint density at radius 3 is 1.52 bits per heavy atom. The molecule has 0 heterocycles. The molecule has 2 aromatic rings. The van der Waals surface area contributed by atoms with E-state index in [2.05, 4.69) is 10.6 Å². The predicted octanol–water partition coefficient (Wildman–Crippen LogP) is -0.159. The van der Waals surface area contributed by atoms with Crippen LogP contribution < -0.4 is 22.1 Å². The summed E-state index contributed by atoms with van der Waals surface area (Å²) in [6, 6.07) is 9.30. The van der Waals surface area contributed by atoms with Crippen molar-refractivity contribution in [3.8, 4) is 0 Å². The third-order valence-electron chi connectivity index (χ3n) is 4.55. The van der Waals surface area contributed by atoms with Crippen LogP contribution in [0.2, 0.25) is 0 Å². The Bertz CT molecular complexity index is 899. The third kappa shape index (κ3) is 7.26. The highest BCUT2D eigenvalue weighted by molar-refractivity contribution is 7.91. The molecule has 0 aromatic heterocycles. The van der Waals surface area contributed by atoms with Crippen molar-refractivity contribution >= 4 is 32.6 Å². The minimum Gasteiger partial charge on any atom is -0.399 e. The number of nitrogens with one attached hydrogen (secondary N) is 2. The van der Waals surface area contributed by atoms with Crippen LogP contribution in [0.15, 0.2) is 36.4 Å². The highest BCUT2D eigenvalue weighted by atomic mass is 32.2. The van der Waals surface area contributed by atoms with Gasteiger partial charge in [0.1, 0.15) is 0 Å². The van der Waals surface area contributed by atoms with E-state index in [9.17, 15) is 18.6 Å². The maximum absolute atomic E-state index is 12.7. The molecular formula is C20H30N4O6S. The Kier molecular flexibility index (Phi) is 8.89. The summed E-state index contributed by atoms with van der Waals surface area (Å²) in [5.74, 6) is -1.27. The number of anilines is 4. The molecule has 0 fully saturated rings. The highest BCUT2D eigenvalue weighted by Crippen LogP contribution is 2.30. The lowest BCUT2D eigenvalue weighted by Crippen LogP contribution is -2.23. The Morgan fingerprint density at radius 2 is 1.16 bits per heavy atom. The quantitative estimate of drug-likeness (QED) is 0.200. The van der Waals surface area contributed by atoms with E-state index < -0.39 is 33.6 Å². The number of nitrogen functional groups attached to an aromatic ring is 2. The van der Waals surface area contributed by atoms with E-state index in [1.807, 2.05) is 0 Å². The van der Waals surface area contributed by atoms with Gasteiger partial charge < -0.3 is 42.5 Å². The van der Waals surface area contributed by atoms with Crippen LogP contribution in [-0.4, -0.2) is 66.7 Å². The van der Waals surface area contributed by atoms with Gasteiger partial charge in [0.15, 0.2) is 9.84 Å². The molecule has 0 aliphatic rings. The van der Waals surface area contributed by atoms with Gasteiger partial charge in [-0.2, -0.15) is 0 Å². The SMILES string of the molecule is Nc1ccc(NCCO)c(C(O)CS(=O)(=O)CC(O)c2cc(N)ccc2NCCO)c1. The van der Waals surface area contributed by atoms with Crippen LogP contribution in [0.5, 0.6) is 0 Å². The number of hydrogen-bond donors (Lipinski definition) is 8. The molecule has 0 amide bonds. The second-order valence-corrected chi connectivity index (χ2v) is 9.26. The summed E-state index contributed by atoms with van der Waals surface area (Å²) in [5.41, 5.74) is 13.7. The van der Waals surface area contributed by atoms with E-state index in [-0.39, 0.29) is 37.4 Å². The summed E-state index contributed by atoms with van der Waals surface area (Å²) in [4.78, 5) is 0. The molecule has 0 radical (unpaired) electrons. The lowest BCUT2D eigenvalue weighted by atomic mass is 10.1. The van der Waals surface area contributed by atoms with Crippen molar-refractivity contribution in [2.75, 3.05) is 59.9 Å². The van der Waals surface area contributed by atoms with Crippen molar-refractivity contribution in [1.82, 2.24) is 0 Å². The van der Waals surface area contributed by atoms with Crippen molar-refractivity contribution in [2.24, 2.45) is 0 Å². The summed E-state index contributed by atoms with van der Waals surface area (Å²) < 4.78 is 25.4. The lowest BCUT2D eigenvalue weighted by Gasteiger charge is -2.20. The van der Waals surface area contributed by atoms with Crippen molar-refractivity contribution in [3.05, 3.63) is 47.5 Å². The number of rotatable bonds is 12. The fourth-order valence-electron chi connectivity index (χ4n) is 3.15. The summed E-state index contributed by atoms with van der Waals surface area (Å²) in [6.07, 6.45) is -2.79. The number of hydrogen-bond acceptors (Lipinski definition) is 10. The monoisotopic (exact) mass is 454 g/mol. The molecular weight excluding hydrogens is 424 g/mol. The van der Waals surface area contributed by atoms with Gasteiger partial charge in [-0.25, -0.2) is 8.42 Å². The highest BCUT2D eigenvalue weighted by Gasteiger charge is 2.26. The standard InChI is InChI=1S/C20H30N4O6S/c21-13-1-3-17(23-5-7-25)15(9-13)19(27)11-31(29,30)12-20(28)16-10-14(22)2-4-18(16)24-6-8-26/h1-4,9-10,19-20,23-28H,5-8,11-12,21-22H2. The minimum atomic E-state index is -3.91. The van der Waals surface area contributed by atoms with E-state index in [4.69, 9.17) is 21.7 Å². The number of aliphatic hydroxyl groups is 4. The van der Waals surface area contributed by atoms with Gasteiger partial charge in [0.25, 0.3) is 0 Å². The van der Waals surface area contributed by atoms with E-state index in [1.54, 1.807) is 24.3 Å². The molecule has 0 saturated carbocycles. The summed E-state index contributed by atoms with van der Waals surface area (Å²) in [5, 5.41) is 45.0. The first-order valence-corrected chi connectivity index (χ1v) is 11.5. The summed E-state index contributed by atoms with van der Waals surface area (Å²) >= 11 is 0. The maximum Gasteiger partial charge on any atom is 0.156 e. The van der Waals surface area contributed by atoms with Gasteiger partial charge in [0, 0.05) is 47.0 Å². The van der Waals surface area contributed by atoms with Gasteiger partial charge >= 0.3 is 0 Å². The van der Waals surface area contributed by atoms with Crippen LogP contribution >= 0.6 is 0 Å². The van der Waals surface area contributed by atoms with E-state index in [0.717, 1.165) is 0 Å². The number of sulfone groups is 1. The number of aliphatic hydroxyl groups excluding tert-OH is 4. The van der Waals surface area contributed by atoms with Gasteiger partial charge in [-0.3, -0.25) is 0 Å². The first kappa shape index (κ1) is 24.7. The molecule has 0 aliphatic heterocycles. The largest absolute Gasteiger partial charge is 0.399 e. The van der Waals surface area contributed by atoms with Crippen LogP contribution in [0.1, 0.15) is 23.3 Å². The summed E-state index contributed by atoms with van der Waals surface area (Å²) in [7, 11) is -3.91. The smallest absolute Gasteiger partial charge is 0.156 e. The van der Waals surface area contributed by atoms with Crippen LogP contribution in [-0.2, 0) is 9.84 Å². The molecule has 2 aromatic carbocycles. The molecule has 11 heteroatoms. The topological polar surface area (TPSA) is 191 Å². The average molecular weight is 455 g/mol. The zero-order valence-electron chi connectivity index (χ0n) is 17.0. The molecule has 0 bridgehead atoms. The Balaban J connectivity index is 2.19. The molecule has 2 rings (SSSR count). The molecule has 0 aliphatic carbocycles. The van der Waals surface area contributed by atoms with Crippen LogP contribution in [0.25, 0.3) is 0 Å². The second kappa shape index (κ2) is 11.2. The molecule has 31 heavy (non-hydrogen) atoms. The third-order valence-corrected chi connectivity index (χ3v) is 6.19. The lowest BCUT2D eigenvalue weighted by molar-refractivity contribution is 0.194. The maximum atomic E-state index is 12.7. The first-order chi connectivity index (χ1) is 14.7. The molecule has 2 atom stereocenters. The van der Waals surface area contributed by atoms with Gasteiger partial charge in [0.2, 0.25) is 0 Å². The first-order valence-electron chi connectivity index (χ1n) is 9.71. The van der Waals surface area contributed by atoms with E-state index in [0.29, 0.717) is 22.7 Å². The molecule has 0 saturated heterocycles. The molecule has 10 N–H and O–H groups in total. The second-order valence-electron chi connectivity index (χ2n) is 7.10. The zero-order chi connectivity index (χ0) is 23.0. The van der Waals surface area contributed by atoms with Gasteiger partial charge in [0.05, 0.1) is 36.9 Å². The van der Waals surface area contributed by atoms with Crippen LogP contribution in [0.4, 0.5) is 22.7 Å². The molecule has 0 spiro atoms. The Hall–Kier alpha value is -2.57. The molecule has 172 valence electrons. The van der Waals surface area contributed by atoms with E-state index in [1.165, 1.54) is 12.1 Å². The molecule has 10 nitrogen and oxygen atoms in total. The van der Waals surface area contributed by atoms with Crippen molar-refractivity contribution in [1.29, 1.82) is 0 Å². The molecule has 2 unspecified atom stereocenters. The Labute approximate surface area is 181 Å².